The van der Waals surface area contributed by atoms with E-state index < -0.39 is 53.7 Å². The smallest absolute Gasteiger partial charge is 0.455 e. The fraction of sp³-hybridized carbons (Fsp3) is 0.533. The van der Waals surface area contributed by atoms with E-state index in [2.05, 4.69) is 0 Å². The molecule has 14 heteroatoms. The van der Waals surface area contributed by atoms with Crippen molar-refractivity contribution in [2.75, 3.05) is 26.0 Å². The third kappa shape index (κ3) is 4.88. The number of benzene rings is 1. The van der Waals surface area contributed by atoms with Gasteiger partial charge >= 0.3 is 21.5 Å². The van der Waals surface area contributed by atoms with E-state index in [1.54, 1.807) is 6.07 Å². The summed E-state index contributed by atoms with van der Waals surface area (Å²) in [5.41, 5.74) is -5.71. The van der Waals surface area contributed by atoms with Crippen LogP contribution in [0.4, 0.5) is 13.2 Å². The summed E-state index contributed by atoms with van der Waals surface area (Å²) in [5, 5.41) is 0. The molecule has 0 aliphatic carbocycles. The van der Waals surface area contributed by atoms with E-state index in [0.717, 1.165) is 6.92 Å². The third-order valence-electron chi connectivity index (χ3n) is 3.87. The van der Waals surface area contributed by atoms with Crippen LogP contribution in [-0.2, 0) is 44.8 Å². The first-order valence-electron chi connectivity index (χ1n) is 8.01. The number of carbonyl (C=O) groups excluding carboxylic acids is 1. The number of alkyl halides is 3. The van der Waals surface area contributed by atoms with E-state index in [4.69, 9.17) is 14.2 Å². The van der Waals surface area contributed by atoms with Gasteiger partial charge in [0.25, 0.3) is 0 Å². The summed E-state index contributed by atoms with van der Waals surface area (Å²) in [6.07, 6.45) is -1.58. The number of halogens is 3. The van der Waals surface area contributed by atoms with Crippen LogP contribution in [0.2, 0.25) is 0 Å². The van der Waals surface area contributed by atoms with Crippen LogP contribution in [0.3, 0.4) is 0 Å². The van der Waals surface area contributed by atoms with Crippen LogP contribution in [0.15, 0.2) is 30.3 Å². The molecule has 1 aliphatic heterocycles. The molecule has 0 amide bonds. The van der Waals surface area contributed by atoms with Gasteiger partial charge in [-0.25, -0.2) is 16.8 Å². The quantitative estimate of drug-likeness (QED) is 0.551. The second-order valence-electron chi connectivity index (χ2n) is 6.00. The van der Waals surface area contributed by atoms with Gasteiger partial charge in [0, 0.05) is 12.5 Å². The minimum Gasteiger partial charge on any atom is -0.455 e. The monoisotopic (exact) mass is 461 g/mol. The van der Waals surface area contributed by atoms with Crippen molar-refractivity contribution in [2.45, 2.75) is 24.3 Å². The molecule has 1 saturated heterocycles. The Kier molecular flexibility index (Phi) is 6.64. The van der Waals surface area contributed by atoms with Crippen molar-refractivity contribution in [3.8, 4) is 0 Å². The molecule has 0 bridgehead atoms. The molecule has 0 radical (unpaired) electrons. The van der Waals surface area contributed by atoms with E-state index in [0.29, 0.717) is 0 Å². The third-order valence-corrected chi connectivity index (χ3v) is 7.43. The Balaban J connectivity index is 2.60. The lowest BCUT2D eigenvalue weighted by molar-refractivity contribution is -0.239. The molecular weight excluding hydrogens is 443 g/mol. The lowest BCUT2D eigenvalue weighted by atomic mass is 9.99. The molecule has 0 spiro atoms. The van der Waals surface area contributed by atoms with Gasteiger partial charge in [-0.15, -0.1) is 0 Å². The first-order valence-corrected chi connectivity index (χ1v) is 11.3. The van der Waals surface area contributed by atoms with Gasteiger partial charge < -0.3 is 14.2 Å². The molecule has 29 heavy (non-hydrogen) atoms. The molecule has 1 fully saturated rings. The average molecular weight is 461 g/mol. The molecule has 1 heterocycles. The highest BCUT2D eigenvalue weighted by Gasteiger charge is 2.57. The Morgan fingerprint density at radius 3 is 2.10 bits per heavy atom. The lowest BCUT2D eigenvalue weighted by Gasteiger charge is -2.36. The van der Waals surface area contributed by atoms with Crippen LogP contribution >= 0.6 is 0 Å². The number of carbonyl (C=O) groups is 1. The van der Waals surface area contributed by atoms with Crippen LogP contribution in [0.1, 0.15) is 12.5 Å². The summed E-state index contributed by atoms with van der Waals surface area (Å²) in [4.78, 5) is 11.6. The van der Waals surface area contributed by atoms with Crippen molar-refractivity contribution >= 4 is 26.0 Å². The molecule has 0 aromatic heterocycles. The second kappa shape index (κ2) is 8.18. The molecule has 1 aromatic carbocycles. The van der Waals surface area contributed by atoms with Crippen LogP contribution in [0.5, 0.6) is 0 Å². The van der Waals surface area contributed by atoms with Gasteiger partial charge in [-0.05, 0) is 0 Å². The Morgan fingerprint density at radius 1 is 1.17 bits per heavy atom. The maximum atomic E-state index is 13.1. The van der Waals surface area contributed by atoms with Crippen LogP contribution in [0, 0.1) is 0 Å². The van der Waals surface area contributed by atoms with E-state index in [1.807, 2.05) is 0 Å². The highest BCUT2D eigenvalue weighted by atomic mass is 32.3. The zero-order chi connectivity index (χ0) is 22.1. The molecule has 0 N–H and O–H groups in total. The number of rotatable bonds is 7. The molecule has 9 nitrogen and oxygen atoms in total. The van der Waals surface area contributed by atoms with Gasteiger partial charge in [0.15, 0.2) is 6.10 Å². The Labute approximate surface area is 165 Å². The Morgan fingerprint density at radius 2 is 1.69 bits per heavy atom. The first-order chi connectivity index (χ1) is 13.2. The molecule has 1 aromatic rings. The summed E-state index contributed by atoms with van der Waals surface area (Å²) in [5.74, 6) is -3.01. The van der Waals surface area contributed by atoms with Crippen molar-refractivity contribution in [3.05, 3.63) is 35.9 Å². The minimum absolute atomic E-state index is 0.0580. The number of nitrogens with zero attached hydrogens (tertiary/aromatic N) is 1. The number of esters is 1. The van der Waals surface area contributed by atoms with Gasteiger partial charge in [-0.2, -0.15) is 13.2 Å². The van der Waals surface area contributed by atoms with Gasteiger partial charge in [-0.3, -0.25) is 4.79 Å². The molecule has 1 atom stereocenters. The van der Waals surface area contributed by atoms with E-state index in [9.17, 15) is 34.8 Å². The van der Waals surface area contributed by atoms with Crippen molar-refractivity contribution in [1.82, 2.24) is 3.71 Å². The fourth-order valence-corrected chi connectivity index (χ4v) is 5.38. The minimum atomic E-state index is -6.32. The van der Waals surface area contributed by atoms with Gasteiger partial charge in [0.05, 0.1) is 26.0 Å². The highest BCUT2D eigenvalue weighted by molar-refractivity contribution is 8.04. The van der Waals surface area contributed by atoms with Crippen molar-refractivity contribution in [3.63, 3.8) is 0 Å². The van der Waals surface area contributed by atoms with Gasteiger partial charge in [0.2, 0.25) is 15.8 Å². The number of hydrogen-bond donors (Lipinski definition) is 0. The highest BCUT2D eigenvalue weighted by Crippen LogP contribution is 2.38. The summed E-state index contributed by atoms with van der Waals surface area (Å²) < 4.78 is 102. The van der Waals surface area contributed by atoms with E-state index in [-0.39, 0.29) is 25.0 Å². The number of hydrogen-bond acceptors (Lipinski definition) is 8. The predicted octanol–water partition coefficient (Wildman–Crippen LogP) is 0.929. The van der Waals surface area contributed by atoms with Crippen LogP contribution in [-0.4, -0.2) is 64.1 Å². The number of sulfonamides is 2. The van der Waals surface area contributed by atoms with Crippen LogP contribution < -0.4 is 0 Å². The zero-order valence-corrected chi connectivity index (χ0v) is 16.9. The van der Waals surface area contributed by atoms with Crippen molar-refractivity contribution in [1.29, 1.82) is 0 Å². The van der Waals surface area contributed by atoms with Gasteiger partial charge in [-0.1, -0.05) is 34.0 Å². The lowest BCUT2D eigenvalue weighted by Crippen LogP contribution is -2.54. The zero-order valence-electron chi connectivity index (χ0n) is 15.2. The topological polar surface area (TPSA) is 116 Å². The normalized spacial score (nSPS) is 18.6. The molecule has 1 aliphatic rings. The summed E-state index contributed by atoms with van der Waals surface area (Å²) in [7, 11) is -11.3. The van der Waals surface area contributed by atoms with E-state index in [1.165, 1.54) is 24.3 Å². The average Bonchev–Trinajstić information content (AvgIpc) is 3.07. The van der Waals surface area contributed by atoms with Crippen molar-refractivity contribution in [2.24, 2.45) is 0 Å². The second-order valence-corrected chi connectivity index (χ2v) is 9.99. The largest absolute Gasteiger partial charge is 0.512 e. The Hall–Kier alpha value is -1.74. The summed E-state index contributed by atoms with van der Waals surface area (Å²) >= 11 is 0. The fourth-order valence-electron chi connectivity index (χ4n) is 2.74. The van der Waals surface area contributed by atoms with Crippen molar-refractivity contribution < 1.29 is 49.0 Å². The SMILES string of the molecule is CC(=O)OC(CN(S(C)(=O)=O)S(=O)(=O)C(F)(F)F)C1(c2ccccc2)OCCO1. The van der Waals surface area contributed by atoms with Crippen LogP contribution in [0.25, 0.3) is 0 Å². The maximum Gasteiger partial charge on any atom is 0.512 e. The van der Waals surface area contributed by atoms with E-state index >= 15 is 0 Å². The Bertz CT molecular complexity index is 942. The standard InChI is InChI=1S/C15H18F3NO8S2/c1-11(20)27-13(10-19(28(2,21)22)29(23,24)15(16,17)18)14(25-8-9-26-14)12-6-4-3-5-7-12/h3-7,13H,8-10H2,1-2H3. The summed E-state index contributed by atoms with van der Waals surface area (Å²) in [6, 6.07) is 7.58. The van der Waals surface area contributed by atoms with Gasteiger partial charge in [0.1, 0.15) is 0 Å². The molecule has 2 rings (SSSR count). The maximum absolute atomic E-state index is 13.1. The first kappa shape index (κ1) is 23.5. The molecule has 164 valence electrons. The predicted molar refractivity (Wildman–Crippen MR) is 92.1 cm³/mol. The summed E-state index contributed by atoms with van der Waals surface area (Å²) in [6.45, 7) is -0.603. The molecular formula is C15H18F3NO8S2. The molecule has 1 unspecified atom stereocenters. The molecule has 0 saturated carbocycles. The number of ether oxygens (including phenoxy) is 3.